The highest BCUT2D eigenvalue weighted by atomic mass is 16.1. The SMILES string of the molecule is CCC1CCCC(NC(=O)c2ccc3c(c2)CCN3)C1. The number of fused-ring (bicyclic) bond motifs is 1. The average Bonchev–Trinajstić information content (AvgIpc) is 2.94. The van der Waals surface area contributed by atoms with Gasteiger partial charge in [0.2, 0.25) is 0 Å². The Morgan fingerprint density at radius 1 is 1.40 bits per heavy atom. The molecule has 0 radical (unpaired) electrons. The molecular weight excluding hydrogens is 248 g/mol. The fourth-order valence-electron chi connectivity index (χ4n) is 3.51. The summed E-state index contributed by atoms with van der Waals surface area (Å²) in [6.07, 6.45) is 7.11. The molecule has 0 aromatic heterocycles. The van der Waals surface area contributed by atoms with Crippen molar-refractivity contribution in [3.63, 3.8) is 0 Å². The van der Waals surface area contributed by atoms with E-state index < -0.39 is 0 Å². The van der Waals surface area contributed by atoms with E-state index >= 15 is 0 Å². The molecule has 2 aliphatic rings. The summed E-state index contributed by atoms with van der Waals surface area (Å²) < 4.78 is 0. The van der Waals surface area contributed by atoms with Gasteiger partial charge in [0.25, 0.3) is 5.91 Å². The molecule has 0 saturated heterocycles. The van der Waals surface area contributed by atoms with Crippen molar-refractivity contribution in [1.82, 2.24) is 5.32 Å². The Morgan fingerprint density at radius 2 is 2.30 bits per heavy atom. The Morgan fingerprint density at radius 3 is 3.15 bits per heavy atom. The molecule has 3 rings (SSSR count). The second kappa shape index (κ2) is 5.86. The van der Waals surface area contributed by atoms with Gasteiger partial charge < -0.3 is 10.6 Å². The summed E-state index contributed by atoms with van der Waals surface area (Å²) in [6, 6.07) is 6.39. The number of hydrogen-bond donors (Lipinski definition) is 2. The van der Waals surface area contributed by atoms with Crippen molar-refractivity contribution in [3.05, 3.63) is 29.3 Å². The van der Waals surface area contributed by atoms with Crippen LogP contribution in [0, 0.1) is 5.92 Å². The lowest BCUT2D eigenvalue weighted by molar-refractivity contribution is 0.0919. The Labute approximate surface area is 121 Å². The van der Waals surface area contributed by atoms with E-state index in [9.17, 15) is 4.79 Å². The highest BCUT2D eigenvalue weighted by Gasteiger charge is 2.23. The van der Waals surface area contributed by atoms with Crippen LogP contribution in [0.1, 0.15) is 54.9 Å². The lowest BCUT2D eigenvalue weighted by Crippen LogP contribution is -2.38. The molecule has 108 valence electrons. The second-order valence-corrected chi connectivity index (χ2v) is 6.16. The van der Waals surface area contributed by atoms with Crippen LogP contribution in [0.4, 0.5) is 5.69 Å². The zero-order valence-corrected chi connectivity index (χ0v) is 12.2. The molecule has 1 heterocycles. The van der Waals surface area contributed by atoms with Gasteiger partial charge in [0.15, 0.2) is 0 Å². The van der Waals surface area contributed by atoms with Crippen molar-refractivity contribution in [3.8, 4) is 0 Å². The maximum atomic E-state index is 12.4. The van der Waals surface area contributed by atoms with E-state index in [2.05, 4.69) is 17.6 Å². The Balaban J connectivity index is 1.64. The molecule has 1 fully saturated rings. The predicted octanol–water partition coefficient (Wildman–Crippen LogP) is 3.35. The number of carbonyl (C=O) groups is 1. The van der Waals surface area contributed by atoms with Crippen molar-refractivity contribution in [1.29, 1.82) is 0 Å². The van der Waals surface area contributed by atoms with Gasteiger partial charge in [0.05, 0.1) is 0 Å². The van der Waals surface area contributed by atoms with Crippen LogP contribution >= 0.6 is 0 Å². The minimum absolute atomic E-state index is 0.0986. The van der Waals surface area contributed by atoms with E-state index in [1.807, 2.05) is 18.2 Å². The number of rotatable bonds is 3. The van der Waals surface area contributed by atoms with Gasteiger partial charge in [-0.05, 0) is 48.9 Å². The molecule has 2 unspecified atom stereocenters. The lowest BCUT2D eigenvalue weighted by atomic mass is 9.84. The van der Waals surface area contributed by atoms with Gasteiger partial charge in [0, 0.05) is 23.8 Å². The van der Waals surface area contributed by atoms with E-state index in [1.54, 1.807) is 0 Å². The van der Waals surface area contributed by atoms with Gasteiger partial charge in [-0.15, -0.1) is 0 Å². The van der Waals surface area contributed by atoms with Gasteiger partial charge in [-0.1, -0.05) is 26.2 Å². The van der Waals surface area contributed by atoms with Gasteiger partial charge in [0.1, 0.15) is 0 Å². The Bertz CT molecular complexity index is 498. The standard InChI is InChI=1S/C17H24N2O/c1-2-12-4-3-5-15(10-12)19-17(20)14-6-7-16-13(11-14)8-9-18-16/h6-7,11-12,15,18H,2-5,8-10H2,1H3,(H,19,20). The second-order valence-electron chi connectivity index (χ2n) is 6.16. The number of hydrogen-bond acceptors (Lipinski definition) is 2. The molecule has 1 aliphatic heterocycles. The molecule has 1 aromatic carbocycles. The van der Waals surface area contributed by atoms with Crippen molar-refractivity contribution in [2.45, 2.75) is 51.5 Å². The van der Waals surface area contributed by atoms with E-state index in [0.29, 0.717) is 6.04 Å². The van der Waals surface area contributed by atoms with Crippen LogP contribution < -0.4 is 10.6 Å². The minimum atomic E-state index is 0.0986. The molecule has 1 saturated carbocycles. The Hall–Kier alpha value is -1.51. The highest BCUT2D eigenvalue weighted by molar-refractivity contribution is 5.95. The zero-order valence-electron chi connectivity index (χ0n) is 12.2. The first-order valence-electron chi connectivity index (χ1n) is 7.94. The third-order valence-electron chi connectivity index (χ3n) is 4.77. The summed E-state index contributed by atoms with van der Waals surface area (Å²) in [6.45, 7) is 3.24. The normalized spacial score (nSPS) is 24.9. The zero-order chi connectivity index (χ0) is 13.9. The summed E-state index contributed by atoms with van der Waals surface area (Å²) >= 11 is 0. The fraction of sp³-hybridized carbons (Fsp3) is 0.588. The monoisotopic (exact) mass is 272 g/mol. The van der Waals surface area contributed by atoms with Gasteiger partial charge in [-0.25, -0.2) is 0 Å². The summed E-state index contributed by atoms with van der Waals surface area (Å²) in [4.78, 5) is 12.4. The van der Waals surface area contributed by atoms with Crippen LogP contribution in [-0.2, 0) is 6.42 Å². The predicted molar refractivity (Wildman–Crippen MR) is 82.1 cm³/mol. The fourth-order valence-corrected chi connectivity index (χ4v) is 3.51. The minimum Gasteiger partial charge on any atom is -0.384 e. The molecule has 20 heavy (non-hydrogen) atoms. The summed E-state index contributed by atoms with van der Waals surface area (Å²) in [5.74, 6) is 0.889. The van der Waals surface area contributed by atoms with Gasteiger partial charge >= 0.3 is 0 Å². The van der Waals surface area contributed by atoms with Crippen LogP contribution in [0.15, 0.2) is 18.2 Å². The molecule has 3 nitrogen and oxygen atoms in total. The average molecular weight is 272 g/mol. The largest absolute Gasteiger partial charge is 0.384 e. The molecule has 1 aromatic rings. The van der Waals surface area contributed by atoms with Crippen molar-refractivity contribution in [2.75, 3.05) is 11.9 Å². The molecule has 3 heteroatoms. The molecule has 0 spiro atoms. The summed E-state index contributed by atoms with van der Waals surface area (Å²) in [7, 11) is 0. The molecule has 1 aliphatic carbocycles. The van der Waals surface area contributed by atoms with E-state index in [4.69, 9.17) is 0 Å². The lowest BCUT2D eigenvalue weighted by Gasteiger charge is -2.29. The number of amides is 1. The molecule has 2 atom stereocenters. The van der Waals surface area contributed by atoms with Crippen LogP contribution in [0.5, 0.6) is 0 Å². The number of anilines is 1. The maximum Gasteiger partial charge on any atom is 0.251 e. The van der Waals surface area contributed by atoms with Gasteiger partial charge in [-0.3, -0.25) is 4.79 Å². The van der Waals surface area contributed by atoms with Crippen LogP contribution in [0.2, 0.25) is 0 Å². The van der Waals surface area contributed by atoms with Crippen molar-refractivity contribution in [2.24, 2.45) is 5.92 Å². The number of benzene rings is 1. The quantitative estimate of drug-likeness (QED) is 0.886. The molecule has 2 N–H and O–H groups in total. The molecule has 0 bridgehead atoms. The van der Waals surface area contributed by atoms with Gasteiger partial charge in [-0.2, -0.15) is 0 Å². The van der Waals surface area contributed by atoms with E-state index in [1.165, 1.54) is 30.5 Å². The maximum absolute atomic E-state index is 12.4. The summed E-state index contributed by atoms with van der Waals surface area (Å²) in [5, 5.41) is 6.56. The third kappa shape index (κ3) is 2.82. The van der Waals surface area contributed by atoms with E-state index in [0.717, 1.165) is 37.3 Å². The first kappa shape index (κ1) is 13.5. The van der Waals surface area contributed by atoms with Crippen LogP contribution in [0.3, 0.4) is 0 Å². The first-order chi connectivity index (χ1) is 9.76. The number of nitrogens with one attached hydrogen (secondary N) is 2. The van der Waals surface area contributed by atoms with Crippen LogP contribution in [0.25, 0.3) is 0 Å². The number of carbonyl (C=O) groups excluding carboxylic acids is 1. The molecular formula is C17H24N2O. The highest BCUT2D eigenvalue weighted by Crippen LogP contribution is 2.27. The molecule has 1 amide bonds. The summed E-state index contributed by atoms with van der Waals surface area (Å²) in [5.41, 5.74) is 3.27. The smallest absolute Gasteiger partial charge is 0.251 e. The van der Waals surface area contributed by atoms with Crippen LogP contribution in [-0.4, -0.2) is 18.5 Å². The topological polar surface area (TPSA) is 41.1 Å². The van der Waals surface area contributed by atoms with Crippen molar-refractivity contribution < 1.29 is 4.79 Å². The first-order valence-corrected chi connectivity index (χ1v) is 7.94. The third-order valence-corrected chi connectivity index (χ3v) is 4.77. The van der Waals surface area contributed by atoms with Crippen molar-refractivity contribution >= 4 is 11.6 Å². The Kier molecular flexibility index (Phi) is 3.95. The van der Waals surface area contributed by atoms with E-state index in [-0.39, 0.29) is 5.91 Å².